The summed E-state index contributed by atoms with van der Waals surface area (Å²) in [7, 11) is 0. The Morgan fingerprint density at radius 2 is 2.56 bits per heavy atom. The minimum absolute atomic E-state index is 0.704. The largest absolute Gasteiger partial charge is 0.381 e. The summed E-state index contributed by atoms with van der Waals surface area (Å²) < 4.78 is 5.32. The lowest BCUT2D eigenvalue weighted by Gasteiger charge is -2.08. The fourth-order valence-electron chi connectivity index (χ4n) is 1.65. The molecule has 1 unspecified atom stereocenters. The molecule has 90 valence electrons. The Labute approximate surface area is 99.7 Å². The number of thioether (sulfide) groups is 1. The number of aryl methyl sites for hydroxylation is 1. The highest BCUT2D eigenvalue weighted by Crippen LogP contribution is 2.12. The van der Waals surface area contributed by atoms with Crippen LogP contribution in [-0.4, -0.2) is 47.2 Å². The second-order valence-electron chi connectivity index (χ2n) is 3.99. The molecule has 1 aromatic rings. The number of ether oxygens (including phenoxy) is 1. The van der Waals surface area contributed by atoms with Crippen LogP contribution >= 0.6 is 11.8 Å². The number of nitrogens with one attached hydrogen (secondary N) is 2. The van der Waals surface area contributed by atoms with Crippen molar-refractivity contribution in [2.75, 3.05) is 32.1 Å². The Morgan fingerprint density at radius 1 is 1.62 bits per heavy atom. The van der Waals surface area contributed by atoms with Crippen molar-refractivity contribution in [1.82, 2.24) is 20.5 Å². The Kier molecular flexibility index (Phi) is 4.62. The van der Waals surface area contributed by atoms with Gasteiger partial charge in [-0.3, -0.25) is 5.10 Å². The molecule has 0 bridgehead atoms. The molecule has 6 heteroatoms. The van der Waals surface area contributed by atoms with Gasteiger partial charge < -0.3 is 10.1 Å². The highest BCUT2D eigenvalue weighted by molar-refractivity contribution is 7.99. The van der Waals surface area contributed by atoms with Crippen LogP contribution in [0.3, 0.4) is 0 Å². The molecule has 2 rings (SSSR count). The van der Waals surface area contributed by atoms with Crippen LogP contribution in [0, 0.1) is 12.8 Å². The quantitative estimate of drug-likeness (QED) is 0.571. The van der Waals surface area contributed by atoms with Crippen LogP contribution in [0.4, 0.5) is 0 Å². The third kappa shape index (κ3) is 3.77. The van der Waals surface area contributed by atoms with Crippen LogP contribution < -0.4 is 5.32 Å². The van der Waals surface area contributed by atoms with E-state index in [1.165, 1.54) is 6.42 Å². The van der Waals surface area contributed by atoms with Gasteiger partial charge in [0.15, 0.2) is 0 Å². The lowest BCUT2D eigenvalue weighted by atomic mass is 10.1. The van der Waals surface area contributed by atoms with E-state index in [9.17, 15) is 0 Å². The van der Waals surface area contributed by atoms with E-state index in [1.807, 2.05) is 6.92 Å². The van der Waals surface area contributed by atoms with Gasteiger partial charge in [-0.2, -0.15) is 0 Å². The first-order valence-electron chi connectivity index (χ1n) is 5.65. The summed E-state index contributed by atoms with van der Waals surface area (Å²) >= 11 is 1.68. The van der Waals surface area contributed by atoms with Gasteiger partial charge in [-0.05, 0) is 19.3 Å². The number of hydrogen-bond donors (Lipinski definition) is 2. The third-order valence-electron chi connectivity index (χ3n) is 2.54. The highest BCUT2D eigenvalue weighted by atomic mass is 32.2. The molecule has 1 aliphatic heterocycles. The number of aromatic amines is 1. The van der Waals surface area contributed by atoms with E-state index >= 15 is 0 Å². The van der Waals surface area contributed by atoms with Crippen molar-refractivity contribution in [3.05, 3.63) is 5.82 Å². The molecule has 5 nitrogen and oxygen atoms in total. The van der Waals surface area contributed by atoms with E-state index < -0.39 is 0 Å². The van der Waals surface area contributed by atoms with Gasteiger partial charge in [0.1, 0.15) is 5.82 Å². The van der Waals surface area contributed by atoms with Gasteiger partial charge in [-0.15, -0.1) is 5.10 Å². The molecule has 2 heterocycles. The van der Waals surface area contributed by atoms with E-state index in [4.69, 9.17) is 4.74 Å². The summed E-state index contributed by atoms with van der Waals surface area (Å²) in [6.45, 7) is 5.82. The average molecular weight is 242 g/mol. The van der Waals surface area contributed by atoms with E-state index in [0.29, 0.717) is 5.92 Å². The van der Waals surface area contributed by atoms with E-state index in [-0.39, 0.29) is 0 Å². The van der Waals surface area contributed by atoms with Crippen LogP contribution in [0.1, 0.15) is 12.2 Å². The Balaban J connectivity index is 1.51. The molecule has 1 aliphatic rings. The van der Waals surface area contributed by atoms with Crippen molar-refractivity contribution in [3.63, 3.8) is 0 Å². The molecule has 0 aromatic carbocycles. The molecular formula is C10H18N4OS. The van der Waals surface area contributed by atoms with Crippen molar-refractivity contribution < 1.29 is 4.74 Å². The number of nitrogens with zero attached hydrogens (tertiary/aromatic N) is 2. The Hall–Kier alpha value is -0.590. The SMILES string of the molecule is Cc1nc(SCCNCC2CCOC2)n[nH]1. The molecule has 1 saturated heterocycles. The van der Waals surface area contributed by atoms with E-state index in [1.54, 1.807) is 11.8 Å². The fourth-order valence-corrected chi connectivity index (χ4v) is 2.39. The maximum atomic E-state index is 5.32. The van der Waals surface area contributed by atoms with Crippen LogP contribution in [0.2, 0.25) is 0 Å². The second kappa shape index (κ2) is 6.22. The molecule has 0 radical (unpaired) electrons. The number of H-pyrrole nitrogens is 1. The maximum absolute atomic E-state index is 5.32. The summed E-state index contributed by atoms with van der Waals surface area (Å²) in [5, 5.41) is 11.2. The molecule has 0 amide bonds. The number of aromatic nitrogens is 3. The maximum Gasteiger partial charge on any atom is 0.208 e. The van der Waals surface area contributed by atoms with Gasteiger partial charge >= 0.3 is 0 Å². The molecule has 1 atom stereocenters. The number of hydrogen-bond acceptors (Lipinski definition) is 5. The normalized spacial score (nSPS) is 20.4. The first kappa shape index (κ1) is 11.9. The molecule has 1 aromatic heterocycles. The zero-order valence-corrected chi connectivity index (χ0v) is 10.3. The van der Waals surface area contributed by atoms with Crippen molar-refractivity contribution in [3.8, 4) is 0 Å². The van der Waals surface area contributed by atoms with Crippen LogP contribution in [0.25, 0.3) is 0 Å². The minimum Gasteiger partial charge on any atom is -0.381 e. The van der Waals surface area contributed by atoms with Crippen molar-refractivity contribution in [1.29, 1.82) is 0 Å². The summed E-state index contributed by atoms with van der Waals surface area (Å²) in [5.74, 6) is 2.58. The lowest BCUT2D eigenvalue weighted by Crippen LogP contribution is -2.25. The van der Waals surface area contributed by atoms with Gasteiger partial charge in [-0.25, -0.2) is 4.98 Å². The Morgan fingerprint density at radius 3 is 3.25 bits per heavy atom. The van der Waals surface area contributed by atoms with Gasteiger partial charge in [0, 0.05) is 25.4 Å². The fraction of sp³-hybridized carbons (Fsp3) is 0.800. The molecule has 0 saturated carbocycles. The van der Waals surface area contributed by atoms with Crippen molar-refractivity contribution in [2.45, 2.75) is 18.5 Å². The monoisotopic (exact) mass is 242 g/mol. The van der Waals surface area contributed by atoms with E-state index in [0.717, 1.165) is 43.0 Å². The highest BCUT2D eigenvalue weighted by Gasteiger charge is 2.14. The third-order valence-corrected chi connectivity index (χ3v) is 3.39. The second-order valence-corrected chi connectivity index (χ2v) is 5.05. The first-order valence-corrected chi connectivity index (χ1v) is 6.63. The summed E-state index contributed by atoms with van der Waals surface area (Å²) in [6.07, 6.45) is 1.19. The zero-order valence-electron chi connectivity index (χ0n) is 9.53. The van der Waals surface area contributed by atoms with Gasteiger partial charge in [0.25, 0.3) is 0 Å². The lowest BCUT2D eigenvalue weighted by molar-refractivity contribution is 0.185. The van der Waals surface area contributed by atoms with Crippen molar-refractivity contribution >= 4 is 11.8 Å². The van der Waals surface area contributed by atoms with Crippen molar-refractivity contribution in [2.24, 2.45) is 5.92 Å². The van der Waals surface area contributed by atoms with Crippen LogP contribution in [0.5, 0.6) is 0 Å². The molecular weight excluding hydrogens is 224 g/mol. The zero-order chi connectivity index (χ0) is 11.2. The summed E-state index contributed by atoms with van der Waals surface area (Å²) in [4.78, 5) is 4.23. The predicted octanol–water partition coefficient (Wildman–Crippen LogP) is 0.831. The summed E-state index contributed by atoms with van der Waals surface area (Å²) in [6, 6.07) is 0. The smallest absolute Gasteiger partial charge is 0.208 e. The van der Waals surface area contributed by atoms with Gasteiger partial charge in [0.05, 0.1) is 6.61 Å². The van der Waals surface area contributed by atoms with Gasteiger partial charge in [0.2, 0.25) is 5.16 Å². The Bertz CT molecular complexity index is 312. The topological polar surface area (TPSA) is 62.8 Å². The van der Waals surface area contributed by atoms with Crippen LogP contribution in [0.15, 0.2) is 5.16 Å². The predicted molar refractivity (Wildman–Crippen MR) is 63.6 cm³/mol. The minimum atomic E-state index is 0.704. The summed E-state index contributed by atoms with van der Waals surface area (Å²) in [5.41, 5.74) is 0. The number of rotatable bonds is 6. The van der Waals surface area contributed by atoms with Gasteiger partial charge in [-0.1, -0.05) is 11.8 Å². The average Bonchev–Trinajstić information content (AvgIpc) is 2.89. The molecule has 16 heavy (non-hydrogen) atoms. The first-order chi connectivity index (χ1) is 7.84. The van der Waals surface area contributed by atoms with E-state index in [2.05, 4.69) is 20.5 Å². The molecule has 1 fully saturated rings. The molecule has 0 aliphatic carbocycles. The standard InChI is InChI=1S/C10H18N4OS/c1-8-12-10(14-13-8)16-5-3-11-6-9-2-4-15-7-9/h9,11H,2-7H2,1H3,(H,12,13,14). The molecule has 2 N–H and O–H groups in total. The van der Waals surface area contributed by atoms with Crippen LogP contribution in [-0.2, 0) is 4.74 Å². The molecule has 0 spiro atoms.